The number of hydrogen-bond donors (Lipinski definition) is 1. The van der Waals surface area contributed by atoms with Gasteiger partial charge in [-0.2, -0.15) is 0 Å². The van der Waals surface area contributed by atoms with Gasteiger partial charge in [0.05, 0.1) is 5.52 Å². The molecule has 0 unspecified atom stereocenters. The highest BCUT2D eigenvalue weighted by Crippen LogP contribution is 2.26. The van der Waals surface area contributed by atoms with Crippen LogP contribution in [0.2, 0.25) is 0 Å². The Kier molecular flexibility index (Phi) is 2.19. The SMILES string of the molecule is Cc1cc(Br)c2nc(N)c(C)cc2c1. The van der Waals surface area contributed by atoms with E-state index in [1.165, 1.54) is 5.56 Å². The van der Waals surface area contributed by atoms with Crippen molar-refractivity contribution in [1.82, 2.24) is 4.98 Å². The predicted molar refractivity (Wildman–Crippen MR) is 63.3 cm³/mol. The lowest BCUT2D eigenvalue weighted by Crippen LogP contribution is -1.95. The van der Waals surface area contributed by atoms with Gasteiger partial charge in [-0.15, -0.1) is 0 Å². The summed E-state index contributed by atoms with van der Waals surface area (Å²) >= 11 is 3.49. The van der Waals surface area contributed by atoms with Crippen molar-refractivity contribution in [3.05, 3.63) is 33.8 Å². The van der Waals surface area contributed by atoms with Gasteiger partial charge in [0, 0.05) is 9.86 Å². The van der Waals surface area contributed by atoms with Gasteiger partial charge in [-0.05, 0) is 59.1 Å². The van der Waals surface area contributed by atoms with Gasteiger partial charge in [0.25, 0.3) is 0 Å². The van der Waals surface area contributed by atoms with Gasteiger partial charge < -0.3 is 5.73 Å². The van der Waals surface area contributed by atoms with Crippen LogP contribution in [-0.2, 0) is 0 Å². The molecule has 0 fully saturated rings. The zero-order valence-electron chi connectivity index (χ0n) is 8.13. The van der Waals surface area contributed by atoms with Crippen molar-refractivity contribution in [1.29, 1.82) is 0 Å². The van der Waals surface area contributed by atoms with Crippen molar-refractivity contribution in [2.45, 2.75) is 13.8 Å². The summed E-state index contributed by atoms with van der Waals surface area (Å²) in [6, 6.07) is 6.22. The molecule has 0 spiro atoms. The Hall–Kier alpha value is -1.09. The van der Waals surface area contributed by atoms with E-state index in [1.807, 2.05) is 13.0 Å². The quantitative estimate of drug-likeness (QED) is 0.780. The number of aromatic nitrogens is 1. The average molecular weight is 251 g/mol. The molecule has 0 aliphatic carbocycles. The maximum Gasteiger partial charge on any atom is 0.127 e. The van der Waals surface area contributed by atoms with E-state index >= 15 is 0 Å². The molecule has 1 heterocycles. The van der Waals surface area contributed by atoms with Crippen LogP contribution in [0.15, 0.2) is 22.7 Å². The predicted octanol–water partition coefficient (Wildman–Crippen LogP) is 3.20. The Morgan fingerprint density at radius 1 is 1.21 bits per heavy atom. The molecule has 1 aromatic carbocycles. The number of benzene rings is 1. The minimum Gasteiger partial charge on any atom is -0.383 e. The molecule has 14 heavy (non-hydrogen) atoms. The molecule has 0 aliphatic rings. The van der Waals surface area contributed by atoms with Gasteiger partial charge in [-0.25, -0.2) is 4.98 Å². The van der Waals surface area contributed by atoms with Gasteiger partial charge in [0.1, 0.15) is 5.82 Å². The molecule has 0 saturated heterocycles. The van der Waals surface area contributed by atoms with Crippen molar-refractivity contribution >= 4 is 32.7 Å². The number of anilines is 1. The number of nitrogen functional groups attached to an aromatic ring is 1. The topological polar surface area (TPSA) is 38.9 Å². The van der Waals surface area contributed by atoms with Crippen molar-refractivity contribution in [2.24, 2.45) is 0 Å². The first kappa shape index (κ1) is 9.46. The van der Waals surface area contributed by atoms with E-state index in [0.29, 0.717) is 5.82 Å². The summed E-state index contributed by atoms with van der Waals surface area (Å²) in [5, 5.41) is 1.13. The number of halogens is 1. The third kappa shape index (κ3) is 1.48. The minimum atomic E-state index is 0.599. The summed E-state index contributed by atoms with van der Waals surface area (Å²) in [7, 11) is 0. The lowest BCUT2D eigenvalue weighted by Gasteiger charge is -2.05. The lowest BCUT2D eigenvalue weighted by molar-refractivity contribution is 1.33. The Morgan fingerprint density at radius 2 is 1.93 bits per heavy atom. The molecule has 3 heteroatoms. The first-order chi connectivity index (χ1) is 6.58. The molecule has 0 bridgehead atoms. The van der Waals surface area contributed by atoms with Crippen LogP contribution in [0.4, 0.5) is 5.82 Å². The Bertz CT molecular complexity index is 506. The third-order valence-corrected chi connectivity index (χ3v) is 2.85. The normalized spacial score (nSPS) is 10.8. The molecule has 0 saturated carbocycles. The van der Waals surface area contributed by atoms with Gasteiger partial charge >= 0.3 is 0 Å². The summed E-state index contributed by atoms with van der Waals surface area (Å²) in [6.07, 6.45) is 0. The minimum absolute atomic E-state index is 0.599. The molecular formula is C11H11BrN2. The first-order valence-corrected chi connectivity index (χ1v) is 5.20. The number of nitrogens with zero attached hydrogens (tertiary/aromatic N) is 1. The molecule has 72 valence electrons. The van der Waals surface area contributed by atoms with E-state index < -0.39 is 0 Å². The van der Waals surface area contributed by atoms with Crippen molar-refractivity contribution in [3.8, 4) is 0 Å². The maximum absolute atomic E-state index is 5.76. The van der Waals surface area contributed by atoms with Crippen LogP contribution >= 0.6 is 15.9 Å². The van der Waals surface area contributed by atoms with Gasteiger partial charge in [-0.1, -0.05) is 0 Å². The van der Waals surface area contributed by atoms with E-state index in [2.05, 4.69) is 40.0 Å². The number of fused-ring (bicyclic) bond motifs is 1. The highest BCUT2D eigenvalue weighted by Gasteiger charge is 2.04. The number of pyridine rings is 1. The van der Waals surface area contributed by atoms with Crippen LogP contribution in [0.25, 0.3) is 10.9 Å². The fraction of sp³-hybridized carbons (Fsp3) is 0.182. The fourth-order valence-corrected chi connectivity index (χ4v) is 2.18. The van der Waals surface area contributed by atoms with Crippen LogP contribution in [0, 0.1) is 13.8 Å². The molecule has 1 aromatic heterocycles. The highest BCUT2D eigenvalue weighted by atomic mass is 79.9. The molecule has 2 nitrogen and oxygen atoms in total. The number of nitrogens with two attached hydrogens (primary N) is 1. The lowest BCUT2D eigenvalue weighted by atomic mass is 10.1. The van der Waals surface area contributed by atoms with Crippen molar-refractivity contribution in [2.75, 3.05) is 5.73 Å². The summed E-state index contributed by atoms with van der Waals surface area (Å²) in [4.78, 5) is 4.35. The second-order valence-corrected chi connectivity index (χ2v) is 4.36. The Labute approximate surface area is 91.3 Å². The fourth-order valence-electron chi connectivity index (χ4n) is 1.51. The van der Waals surface area contributed by atoms with E-state index in [4.69, 9.17) is 5.73 Å². The van der Waals surface area contributed by atoms with Crippen LogP contribution in [0.1, 0.15) is 11.1 Å². The molecule has 2 rings (SSSR count). The third-order valence-electron chi connectivity index (χ3n) is 2.25. The highest BCUT2D eigenvalue weighted by molar-refractivity contribution is 9.10. The summed E-state index contributed by atoms with van der Waals surface area (Å²) in [6.45, 7) is 4.04. The number of rotatable bonds is 0. The van der Waals surface area contributed by atoms with Crippen molar-refractivity contribution in [3.63, 3.8) is 0 Å². The second kappa shape index (κ2) is 3.24. The molecular weight excluding hydrogens is 240 g/mol. The zero-order chi connectivity index (χ0) is 10.3. The Balaban J connectivity index is 2.89. The van der Waals surface area contributed by atoms with Crippen LogP contribution < -0.4 is 5.73 Å². The monoisotopic (exact) mass is 250 g/mol. The number of hydrogen-bond acceptors (Lipinski definition) is 2. The standard InChI is InChI=1S/C11H11BrN2/c1-6-3-8-5-7(2)11(13)14-10(8)9(12)4-6/h3-5H,1-2H3,(H2,13,14). The van der Waals surface area contributed by atoms with Crippen LogP contribution in [0.3, 0.4) is 0 Å². The molecule has 2 N–H and O–H groups in total. The smallest absolute Gasteiger partial charge is 0.127 e. The maximum atomic E-state index is 5.76. The molecule has 0 aliphatic heterocycles. The van der Waals surface area contributed by atoms with E-state index in [1.54, 1.807) is 0 Å². The van der Waals surface area contributed by atoms with Crippen LogP contribution in [-0.4, -0.2) is 4.98 Å². The van der Waals surface area contributed by atoms with E-state index in [0.717, 1.165) is 20.9 Å². The van der Waals surface area contributed by atoms with Crippen molar-refractivity contribution < 1.29 is 0 Å². The van der Waals surface area contributed by atoms with Crippen LogP contribution in [0.5, 0.6) is 0 Å². The molecule has 0 radical (unpaired) electrons. The van der Waals surface area contributed by atoms with Gasteiger partial charge in [-0.3, -0.25) is 0 Å². The zero-order valence-corrected chi connectivity index (χ0v) is 9.72. The summed E-state index contributed by atoms with van der Waals surface area (Å²) < 4.78 is 0.999. The summed E-state index contributed by atoms with van der Waals surface area (Å²) in [5.74, 6) is 0.599. The second-order valence-electron chi connectivity index (χ2n) is 3.51. The average Bonchev–Trinajstić information content (AvgIpc) is 2.08. The molecule has 0 amide bonds. The molecule has 0 atom stereocenters. The van der Waals surface area contributed by atoms with Gasteiger partial charge in [0.15, 0.2) is 0 Å². The molecule has 2 aromatic rings. The number of aryl methyl sites for hydroxylation is 2. The first-order valence-electron chi connectivity index (χ1n) is 4.41. The van der Waals surface area contributed by atoms with E-state index in [9.17, 15) is 0 Å². The Morgan fingerprint density at radius 3 is 2.64 bits per heavy atom. The van der Waals surface area contributed by atoms with Gasteiger partial charge in [0.2, 0.25) is 0 Å². The summed E-state index contributed by atoms with van der Waals surface area (Å²) in [5.41, 5.74) is 8.93. The van der Waals surface area contributed by atoms with E-state index in [-0.39, 0.29) is 0 Å². The largest absolute Gasteiger partial charge is 0.383 e.